The molecule has 18 heavy (non-hydrogen) atoms. The van der Waals surface area contributed by atoms with E-state index in [2.05, 4.69) is 10.6 Å². The van der Waals surface area contributed by atoms with Crippen molar-refractivity contribution in [1.29, 1.82) is 5.26 Å². The van der Waals surface area contributed by atoms with Crippen LogP contribution >= 0.6 is 0 Å². The first kappa shape index (κ1) is 13.7. The van der Waals surface area contributed by atoms with Gasteiger partial charge in [-0.3, -0.25) is 9.59 Å². The van der Waals surface area contributed by atoms with E-state index >= 15 is 0 Å². The minimum Gasteiger partial charge on any atom is -0.352 e. The molecule has 2 amide bonds. The molecule has 5 heteroatoms. The molecule has 1 aromatic carbocycles. The molecule has 1 aromatic rings. The van der Waals surface area contributed by atoms with Gasteiger partial charge in [0.05, 0.1) is 6.07 Å². The van der Waals surface area contributed by atoms with E-state index < -0.39 is 0 Å². The van der Waals surface area contributed by atoms with Crippen LogP contribution < -0.4 is 10.6 Å². The highest BCUT2D eigenvalue weighted by molar-refractivity contribution is 5.92. The van der Waals surface area contributed by atoms with E-state index in [0.717, 1.165) is 5.56 Å². The number of hydrogen-bond donors (Lipinski definition) is 2. The lowest BCUT2D eigenvalue weighted by Crippen LogP contribution is -2.22. The van der Waals surface area contributed by atoms with Crippen LogP contribution in [0.15, 0.2) is 24.3 Å². The molecule has 0 aliphatic rings. The Morgan fingerprint density at radius 2 is 2.00 bits per heavy atom. The summed E-state index contributed by atoms with van der Waals surface area (Å²) < 4.78 is 0. The molecule has 0 saturated carbocycles. The third kappa shape index (κ3) is 4.26. The average molecular weight is 245 g/mol. The van der Waals surface area contributed by atoms with Crippen LogP contribution in [0.5, 0.6) is 0 Å². The molecule has 0 spiro atoms. The van der Waals surface area contributed by atoms with E-state index in [1.807, 2.05) is 12.1 Å². The van der Waals surface area contributed by atoms with E-state index in [-0.39, 0.29) is 18.2 Å². The molecule has 0 aliphatic carbocycles. The molecular weight excluding hydrogens is 230 g/mol. The summed E-state index contributed by atoms with van der Waals surface area (Å²) in [6, 6.07) is 8.95. The molecule has 0 atom stereocenters. The normalized spacial score (nSPS) is 9.33. The summed E-state index contributed by atoms with van der Waals surface area (Å²) in [4.78, 5) is 22.5. The molecule has 2 N–H and O–H groups in total. The SMILES string of the molecule is CCC(=O)NCc1ccccc1NC(=O)CC#N. The zero-order chi connectivity index (χ0) is 13.4. The maximum Gasteiger partial charge on any atom is 0.238 e. The zero-order valence-corrected chi connectivity index (χ0v) is 10.2. The number of amides is 2. The number of carbonyl (C=O) groups excluding carboxylic acids is 2. The Kier molecular flexibility index (Phi) is 5.39. The number of hydrogen-bond acceptors (Lipinski definition) is 3. The minimum atomic E-state index is -0.355. The smallest absolute Gasteiger partial charge is 0.238 e. The molecule has 0 bridgehead atoms. The van der Waals surface area contributed by atoms with Gasteiger partial charge in [-0.1, -0.05) is 25.1 Å². The van der Waals surface area contributed by atoms with Crippen LogP contribution in [0, 0.1) is 11.3 Å². The van der Waals surface area contributed by atoms with Gasteiger partial charge in [-0.15, -0.1) is 0 Å². The fourth-order valence-corrected chi connectivity index (χ4v) is 1.38. The topological polar surface area (TPSA) is 82.0 Å². The van der Waals surface area contributed by atoms with Crippen molar-refractivity contribution >= 4 is 17.5 Å². The van der Waals surface area contributed by atoms with Gasteiger partial charge in [0.25, 0.3) is 0 Å². The lowest BCUT2D eigenvalue weighted by atomic mass is 10.1. The number of benzene rings is 1. The number of carbonyl (C=O) groups is 2. The lowest BCUT2D eigenvalue weighted by Gasteiger charge is -2.10. The van der Waals surface area contributed by atoms with Crippen molar-refractivity contribution in [2.45, 2.75) is 26.3 Å². The Hall–Kier alpha value is -2.35. The van der Waals surface area contributed by atoms with Crippen molar-refractivity contribution in [2.24, 2.45) is 0 Å². The zero-order valence-electron chi connectivity index (χ0n) is 10.2. The number of anilines is 1. The fraction of sp³-hybridized carbons (Fsp3) is 0.308. The summed E-state index contributed by atoms with van der Waals surface area (Å²) in [7, 11) is 0. The van der Waals surface area contributed by atoms with Crippen molar-refractivity contribution < 1.29 is 9.59 Å². The third-order valence-electron chi connectivity index (χ3n) is 2.33. The van der Waals surface area contributed by atoms with Gasteiger partial charge in [-0.2, -0.15) is 5.26 Å². The maximum atomic E-state index is 11.3. The highest BCUT2D eigenvalue weighted by Gasteiger charge is 2.06. The summed E-state index contributed by atoms with van der Waals surface area (Å²) in [5.74, 6) is -0.403. The van der Waals surface area contributed by atoms with Crippen molar-refractivity contribution in [3.8, 4) is 6.07 Å². The standard InChI is InChI=1S/C13H15N3O2/c1-2-12(17)15-9-10-5-3-4-6-11(10)16-13(18)7-8-14/h3-6H,2,7,9H2,1H3,(H,15,17)(H,16,18). The summed E-state index contributed by atoms with van der Waals surface area (Å²) in [6.45, 7) is 2.13. The first-order chi connectivity index (χ1) is 8.67. The van der Waals surface area contributed by atoms with Crippen LogP contribution in [0.2, 0.25) is 0 Å². The van der Waals surface area contributed by atoms with Crippen LogP contribution in [0.3, 0.4) is 0 Å². The molecule has 0 aromatic heterocycles. The molecule has 94 valence electrons. The summed E-state index contributed by atoms with van der Waals surface area (Å²) in [6.07, 6.45) is 0.235. The van der Waals surface area contributed by atoms with E-state index in [0.29, 0.717) is 18.7 Å². The number of rotatable bonds is 5. The van der Waals surface area contributed by atoms with E-state index in [1.54, 1.807) is 25.1 Å². The molecule has 5 nitrogen and oxygen atoms in total. The highest BCUT2D eigenvalue weighted by Crippen LogP contribution is 2.14. The molecule has 0 unspecified atom stereocenters. The van der Waals surface area contributed by atoms with Gasteiger partial charge in [0.2, 0.25) is 11.8 Å². The molecule has 0 radical (unpaired) electrons. The van der Waals surface area contributed by atoms with Gasteiger partial charge in [-0.05, 0) is 11.6 Å². The molecule has 0 heterocycles. The third-order valence-corrected chi connectivity index (χ3v) is 2.33. The Morgan fingerprint density at radius 1 is 1.28 bits per heavy atom. The second-order valence-electron chi connectivity index (χ2n) is 3.67. The quantitative estimate of drug-likeness (QED) is 0.826. The fourth-order valence-electron chi connectivity index (χ4n) is 1.38. The molecular formula is C13H15N3O2. The predicted octanol–water partition coefficient (Wildman–Crippen LogP) is 1.56. The highest BCUT2D eigenvalue weighted by atomic mass is 16.2. The summed E-state index contributed by atoms with van der Waals surface area (Å²) >= 11 is 0. The molecule has 1 rings (SSSR count). The van der Waals surface area contributed by atoms with E-state index in [9.17, 15) is 9.59 Å². The van der Waals surface area contributed by atoms with Crippen LogP contribution in [-0.2, 0) is 16.1 Å². The monoisotopic (exact) mass is 245 g/mol. The first-order valence-electron chi connectivity index (χ1n) is 5.68. The van der Waals surface area contributed by atoms with E-state index in [1.165, 1.54) is 0 Å². The molecule has 0 fully saturated rings. The number of nitrogens with one attached hydrogen (secondary N) is 2. The number of nitrogens with zero attached hydrogens (tertiary/aromatic N) is 1. The van der Waals surface area contributed by atoms with Gasteiger partial charge in [0.15, 0.2) is 0 Å². The van der Waals surface area contributed by atoms with Crippen molar-refractivity contribution in [3.63, 3.8) is 0 Å². The molecule has 0 aliphatic heterocycles. The van der Waals surface area contributed by atoms with Gasteiger partial charge < -0.3 is 10.6 Å². The summed E-state index contributed by atoms with van der Waals surface area (Å²) in [5, 5.41) is 13.8. The van der Waals surface area contributed by atoms with E-state index in [4.69, 9.17) is 5.26 Å². The lowest BCUT2D eigenvalue weighted by molar-refractivity contribution is -0.121. The predicted molar refractivity (Wildman–Crippen MR) is 67.4 cm³/mol. The van der Waals surface area contributed by atoms with Crippen LogP contribution in [-0.4, -0.2) is 11.8 Å². The van der Waals surface area contributed by atoms with Gasteiger partial charge in [0.1, 0.15) is 6.42 Å². The Labute approximate surface area is 106 Å². The maximum absolute atomic E-state index is 11.3. The van der Waals surface area contributed by atoms with Gasteiger partial charge in [-0.25, -0.2) is 0 Å². The second-order valence-corrected chi connectivity index (χ2v) is 3.67. The van der Waals surface area contributed by atoms with Crippen LogP contribution in [0.4, 0.5) is 5.69 Å². The van der Waals surface area contributed by atoms with Crippen LogP contribution in [0.25, 0.3) is 0 Å². The van der Waals surface area contributed by atoms with Crippen molar-refractivity contribution in [1.82, 2.24) is 5.32 Å². The van der Waals surface area contributed by atoms with Crippen molar-refractivity contribution in [2.75, 3.05) is 5.32 Å². The first-order valence-corrected chi connectivity index (χ1v) is 5.68. The average Bonchev–Trinajstić information content (AvgIpc) is 2.37. The van der Waals surface area contributed by atoms with Gasteiger partial charge in [0, 0.05) is 18.7 Å². The molecule has 0 saturated heterocycles. The van der Waals surface area contributed by atoms with Gasteiger partial charge >= 0.3 is 0 Å². The summed E-state index contributed by atoms with van der Waals surface area (Å²) in [5.41, 5.74) is 1.43. The Morgan fingerprint density at radius 3 is 2.67 bits per heavy atom. The minimum absolute atomic E-state index is 0.0480. The second kappa shape index (κ2) is 7.07. The van der Waals surface area contributed by atoms with Crippen LogP contribution in [0.1, 0.15) is 25.3 Å². The largest absolute Gasteiger partial charge is 0.352 e. The number of para-hydroxylation sites is 1. The number of nitriles is 1. The Balaban J connectivity index is 2.70. The van der Waals surface area contributed by atoms with Crippen molar-refractivity contribution in [3.05, 3.63) is 29.8 Å². The Bertz CT molecular complexity index is 477.